The van der Waals surface area contributed by atoms with Crippen LogP contribution in [0.4, 0.5) is 23.0 Å². The topological polar surface area (TPSA) is 114 Å². The Morgan fingerprint density at radius 1 is 1.11 bits per heavy atom. The van der Waals surface area contributed by atoms with E-state index >= 15 is 0 Å². The average Bonchev–Trinajstić information content (AvgIpc) is 3.25. The first-order valence-corrected chi connectivity index (χ1v) is 11.7. The number of aryl methyl sites for hydroxylation is 1. The van der Waals surface area contributed by atoms with Crippen molar-refractivity contribution in [1.82, 2.24) is 24.4 Å². The first-order chi connectivity index (χ1) is 17.3. The zero-order chi connectivity index (χ0) is 25.4. The summed E-state index contributed by atoms with van der Waals surface area (Å²) in [7, 11) is 5.49. The van der Waals surface area contributed by atoms with Gasteiger partial charge in [0.2, 0.25) is 5.95 Å². The second-order valence-electron chi connectivity index (χ2n) is 8.67. The van der Waals surface area contributed by atoms with Crippen LogP contribution in [0.1, 0.15) is 0 Å². The van der Waals surface area contributed by atoms with Crippen LogP contribution in [0.2, 0.25) is 5.02 Å². The Labute approximate surface area is 212 Å². The molecule has 0 aliphatic carbocycles. The van der Waals surface area contributed by atoms with Crippen LogP contribution in [-0.2, 0) is 7.05 Å². The number of benzene rings is 1. The molecule has 1 N–H and O–H groups in total. The molecule has 1 saturated heterocycles. The third-order valence-corrected chi connectivity index (χ3v) is 6.58. The Balaban J connectivity index is 1.50. The predicted octanol–water partition coefficient (Wildman–Crippen LogP) is 4.10. The van der Waals surface area contributed by atoms with E-state index in [4.69, 9.17) is 16.3 Å². The van der Waals surface area contributed by atoms with E-state index in [9.17, 15) is 10.1 Å². The molecular weight excluding hydrogens is 484 g/mol. The van der Waals surface area contributed by atoms with Crippen LogP contribution in [0.15, 0.2) is 42.9 Å². The summed E-state index contributed by atoms with van der Waals surface area (Å²) in [4.78, 5) is 29.2. The molecule has 1 aromatic carbocycles. The molecule has 0 bridgehead atoms. The number of aromatic nitrogens is 4. The van der Waals surface area contributed by atoms with Gasteiger partial charge in [-0.2, -0.15) is 0 Å². The number of halogens is 1. The van der Waals surface area contributed by atoms with Gasteiger partial charge in [-0.15, -0.1) is 0 Å². The van der Waals surface area contributed by atoms with Crippen molar-refractivity contribution in [3.63, 3.8) is 0 Å². The summed E-state index contributed by atoms with van der Waals surface area (Å²) in [5.74, 6) is 0.671. The minimum absolute atomic E-state index is 0.0178. The molecule has 1 aliphatic rings. The maximum absolute atomic E-state index is 12.0. The van der Waals surface area contributed by atoms with Crippen molar-refractivity contribution < 1.29 is 9.66 Å². The number of nitro groups is 1. The SMILES string of the molecule is COc1cc(N2CCN(C)CC2)c([N+](=O)[O-])cc1Nc1ncc(Cl)c(-c2cnc3c(ccn3C)c2)n1. The maximum Gasteiger partial charge on any atom is 0.294 e. The molecule has 3 aromatic heterocycles. The van der Waals surface area contributed by atoms with Crippen LogP contribution in [0.25, 0.3) is 22.3 Å². The number of hydrogen-bond acceptors (Lipinski definition) is 9. The number of methoxy groups -OCH3 is 1. The van der Waals surface area contributed by atoms with Gasteiger partial charge < -0.3 is 24.4 Å². The van der Waals surface area contributed by atoms with Crippen molar-refractivity contribution >= 4 is 45.6 Å². The van der Waals surface area contributed by atoms with E-state index in [0.717, 1.165) is 29.7 Å². The smallest absolute Gasteiger partial charge is 0.294 e. The summed E-state index contributed by atoms with van der Waals surface area (Å²) in [5.41, 5.74) is 2.96. The van der Waals surface area contributed by atoms with Gasteiger partial charge in [0.15, 0.2) is 0 Å². The predicted molar refractivity (Wildman–Crippen MR) is 139 cm³/mol. The minimum atomic E-state index is -0.382. The van der Waals surface area contributed by atoms with Gasteiger partial charge in [0.05, 0.1) is 34.6 Å². The summed E-state index contributed by atoms with van der Waals surface area (Å²) in [5, 5.41) is 16.4. The number of hydrogen-bond donors (Lipinski definition) is 1. The van der Waals surface area contributed by atoms with Crippen LogP contribution in [0.5, 0.6) is 5.75 Å². The highest BCUT2D eigenvalue weighted by atomic mass is 35.5. The van der Waals surface area contributed by atoms with E-state index in [0.29, 0.717) is 40.9 Å². The van der Waals surface area contributed by atoms with Crippen LogP contribution in [0, 0.1) is 10.1 Å². The molecule has 1 aliphatic heterocycles. The third-order valence-electron chi connectivity index (χ3n) is 6.31. The maximum atomic E-state index is 12.0. The van der Waals surface area contributed by atoms with Crippen molar-refractivity contribution in [2.45, 2.75) is 0 Å². The largest absolute Gasteiger partial charge is 0.494 e. The molecule has 4 heterocycles. The fourth-order valence-electron chi connectivity index (χ4n) is 4.31. The van der Waals surface area contributed by atoms with Crippen molar-refractivity contribution in [2.75, 3.05) is 50.6 Å². The molecule has 0 amide bonds. The molecule has 36 heavy (non-hydrogen) atoms. The van der Waals surface area contributed by atoms with E-state index < -0.39 is 0 Å². The molecule has 5 rings (SSSR count). The summed E-state index contributed by atoms with van der Waals surface area (Å²) >= 11 is 6.42. The Hall–Kier alpha value is -3.96. The zero-order valence-electron chi connectivity index (χ0n) is 20.1. The number of rotatable bonds is 6. The van der Waals surface area contributed by atoms with E-state index in [-0.39, 0.29) is 16.6 Å². The quantitative estimate of drug-likeness (QED) is 0.303. The molecule has 0 saturated carbocycles. The summed E-state index contributed by atoms with van der Waals surface area (Å²) in [6, 6.07) is 7.07. The molecule has 4 aromatic rings. The normalized spacial score (nSPS) is 14.3. The molecule has 1 fully saturated rings. The molecule has 0 atom stereocenters. The number of nitrogens with one attached hydrogen (secondary N) is 1. The first kappa shape index (κ1) is 23.8. The Bertz CT molecular complexity index is 1450. The van der Waals surface area contributed by atoms with E-state index in [2.05, 4.69) is 25.2 Å². The Morgan fingerprint density at radius 2 is 1.89 bits per heavy atom. The lowest BCUT2D eigenvalue weighted by atomic mass is 10.1. The van der Waals surface area contributed by atoms with Crippen molar-refractivity contribution in [1.29, 1.82) is 0 Å². The number of nitro benzene ring substituents is 1. The molecule has 12 heteroatoms. The average molecular weight is 509 g/mol. The highest BCUT2D eigenvalue weighted by Gasteiger charge is 2.26. The highest BCUT2D eigenvalue weighted by molar-refractivity contribution is 6.33. The molecule has 0 spiro atoms. The van der Waals surface area contributed by atoms with E-state index in [1.165, 1.54) is 19.4 Å². The molecule has 0 radical (unpaired) electrons. The summed E-state index contributed by atoms with van der Waals surface area (Å²) < 4.78 is 7.51. The standard InChI is InChI=1S/C24H25ClN8O3/c1-30-6-8-32(9-7-30)19-12-21(36-3)18(11-20(19)33(34)35)28-24-27-14-17(25)22(29-24)16-10-15-4-5-31(2)23(15)26-13-16/h4-5,10-14H,6-9H2,1-3H3,(H,27,28,29). The van der Waals surface area contributed by atoms with Crippen molar-refractivity contribution in [3.8, 4) is 17.0 Å². The first-order valence-electron chi connectivity index (χ1n) is 11.3. The van der Waals surface area contributed by atoms with E-state index in [1.54, 1.807) is 12.3 Å². The lowest BCUT2D eigenvalue weighted by Gasteiger charge is -2.34. The number of fused-ring (bicyclic) bond motifs is 1. The molecule has 11 nitrogen and oxygen atoms in total. The fourth-order valence-corrected chi connectivity index (χ4v) is 4.51. The van der Waals surface area contributed by atoms with Crippen LogP contribution >= 0.6 is 11.6 Å². The number of likely N-dealkylation sites (N-methyl/N-ethyl adjacent to an activating group) is 1. The minimum Gasteiger partial charge on any atom is -0.494 e. The van der Waals surface area contributed by atoms with Gasteiger partial charge >= 0.3 is 0 Å². The van der Waals surface area contributed by atoms with Crippen LogP contribution in [-0.4, -0.2) is 69.7 Å². The van der Waals surface area contributed by atoms with Gasteiger partial charge in [-0.3, -0.25) is 10.1 Å². The zero-order valence-corrected chi connectivity index (χ0v) is 20.9. The van der Waals surface area contributed by atoms with Crippen LogP contribution < -0.4 is 15.0 Å². The summed E-state index contributed by atoms with van der Waals surface area (Å²) in [6.45, 7) is 3.03. The summed E-state index contributed by atoms with van der Waals surface area (Å²) in [6.07, 6.45) is 5.12. The van der Waals surface area contributed by atoms with E-state index in [1.807, 2.05) is 41.9 Å². The monoisotopic (exact) mass is 508 g/mol. The number of nitrogens with zero attached hydrogens (tertiary/aromatic N) is 7. The van der Waals surface area contributed by atoms with Gasteiger partial charge in [-0.05, 0) is 19.2 Å². The van der Waals surface area contributed by atoms with Gasteiger partial charge in [0.25, 0.3) is 5.69 Å². The van der Waals surface area contributed by atoms with Gasteiger partial charge in [0, 0.05) is 68.7 Å². The second-order valence-corrected chi connectivity index (χ2v) is 9.07. The van der Waals surface area contributed by atoms with Crippen molar-refractivity contribution in [3.05, 3.63) is 58.0 Å². The van der Waals surface area contributed by atoms with Gasteiger partial charge in [-0.1, -0.05) is 11.6 Å². The lowest BCUT2D eigenvalue weighted by molar-refractivity contribution is -0.384. The Kier molecular flexibility index (Phi) is 6.33. The van der Waals surface area contributed by atoms with Crippen molar-refractivity contribution in [2.24, 2.45) is 7.05 Å². The molecule has 186 valence electrons. The third kappa shape index (κ3) is 4.50. The second kappa shape index (κ2) is 9.59. The van der Waals surface area contributed by atoms with Gasteiger partial charge in [-0.25, -0.2) is 15.0 Å². The fraction of sp³-hybridized carbons (Fsp3) is 0.292. The lowest BCUT2D eigenvalue weighted by Crippen LogP contribution is -2.44. The molecular formula is C24H25ClN8O3. The molecule has 0 unspecified atom stereocenters. The number of anilines is 3. The number of pyridine rings is 1. The van der Waals surface area contributed by atoms with Gasteiger partial charge in [0.1, 0.15) is 17.1 Å². The Morgan fingerprint density at radius 3 is 2.61 bits per heavy atom. The highest BCUT2D eigenvalue weighted by Crippen LogP contribution is 2.40. The van der Waals surface area contributed by atoms with Crippen LogP contribution in [0.3, 0.4) is 0 Å². The number of ether oxygens (including phenoxy) is 1. The number of piperazine rings is 1.